The summed E-state index contributed by atoms with van der Waals surface area (Å²) >= 11 is 0. The summed E-state index contributed by atoms with van der Waals surface area (Å²) in [6.45, 7) is 0.526. The predicted octanol–water partition coefficient (Wildman–Crippen LogP) is 0.808. The topological polar surface area (TPSA) is 98.0 Å². The lowest BCUT2D eigenvalue weighted by Gasteiger charge is -1.98. The molecule has 0 spiro atoms. The van der Waals surface area contributed by atoms with Crippen molar-refractivity contribution in [3.63, 3.8) is 0 Å². The normalized spacial score (nSPS) is 11.2. The molecule has 2 heterocycles. The van der Waals surface area contributed by atoms with Crippen molar-refractivity contribution in [2.75, 3.05) is 12.3 Å². The van der Waals surface area contributed by atoms with Crippen LogP contribution in [0.15, 0.2) is 30.3 Å². The molecule has 0 aliphatic heterocycles. The van der Waals surface area contributed by atoms with Gasteiger partial charge < -0.3 is 11.5 Å². The molecule has 6 nitrogen and oxygen atoms in total. The molecule has 3 rings (SSSR count). The molecule has 2 aromatic heterocycles. The standard InChI is InChI=1S/C12H14N6/c13-7-6-9-15-12-10(14)11(17-18(12)16-9)8-4-2-1-3-5-8/h1-5,17H,6-7,13-14H2. The summed E-state index contributed by atoms with van der Waals surface area (Å²) < 4.78 is 1.60. The van der Waals surface area contributed by atoms with E-state index in [1.54, 1.807) is 4.63 Å². The third-order valence-electron chi connectivity index (χ3n) is 2.81. The number of nitrogens with zero attached hydrogens (tertiary/aromatic N) is 3. The van der Waals surface area contributed by atoms with Crippen molar-refractivity contribution in [1.29, 1.82) is 0 Å². The lowest BCUT2D eigenvalue weighted by molar-refractivity contribution is 0.778. The highest BCUT2D eigenvalue weighted by molar-refractivity contribution is 5.82. The van der Waals surface area contributed by atoms with Gasteiger partial charge in [-0.2, -0.15) is 4.63 Å². The van der Waals surface area contributed by atoms with Crippen molar-refractivity contribution in [2.45, 2.75) is 6.42 Å². The third kappa shape index (κ3) is 1.63. The van der Waals surface area contributed by atoms with E-state index in [4.69, 9.17) is 11.5 Å². The highest BCUT2D eigenvalue weighted by Crippen LogP contribution is 2.26. The van der Waals surface area contributed by atoms with Gasteiger partial charge in [-0.15, -0.1) is 5.10 Å². The largest absolute Gasteiger partial charge is 0.394 e. The van der Waals surface area contributed by atoms with E-state index < -0.39 is 0 Å². The third-order valence-corrected chi connectivity index (χ3v) is 2.81. The Morgan fingerprint density at radius 2 is 2.00 bits per heavy atom. The Morgan fingerprint density at radius 1 is 1.22 bits per heavy atom. The Bertz CT molecular complexity index is 667. The van der Waals surface area contributed by atoms with Crippen LogP contribution in [0, 0.1) is 0 Å². The predicted molar refractivity (Wildman–Crippen MR) is 69.9 cm³/mol. The van der Waals surface area contributed by atoms with Gasteiger partial charge in [-0.1, -0.05) is 30.3 Å². The fourth-order valence-electron chi connectivity index (χ4n) is 1.94. The molecule has 0 fully saturated rings. The van der Waals surface area contributed by atoms with Gasteiger partial charge in [0, 0.05) is 12.0 Å². The molecular weight excluding hydrogens is 228 g/mol. The van der Waals surface area contributed by atoms with Gasteiger partial charge in [-0.25, -0.2) is 4.98 Å². The minimum Gasteiger partial charge on any atom is -0.394 e. The summed E-state index contributed by atoms with van der Waals surface area (Å²) in [5, 5.41) is 7.44. The Hall–Kier alpha value is -2.34. The van der Waals surface area contributed by atoms with E-state index in [0.717, 1.165) is 11.3 Å². The monoisotopic (exact) mass is 242 g/mol. The number of hydrogen-bond donors (Lipinski definition) is 3. The minimum absolute atomic E-state index is 0.526. The van der Waals surface area contributed by atoms with E-state index in [-0.39, 0.29) is 0 Å². The average molecular weight is 242 g/mol. The second-order valence-corrected chi connectivity index (χ2v) is 4.07. The van der Waals surface area contributed by atoms with Gasteiger partial charge in [0.1, 0.15) is 5.69 Å². The highest BCUT2D eigenvalue weighted by Gasteiger charge is 2.14. The van der Waals surface area contributed by atoms with Crippen molar-refractivity contribution in [3.8, 4) is 11.3 Å². The Labute approximate surface area is 104 Å². The molecule has 5 N–H and O–H groups in total. The van der Waals surface area contributed by atoms with Gasteiger partial charge in [0.15, 0.2) is 11.5 Å². The average Bonchev–Trinajstić information content (AvgIpc) is 2.91. The van der Waals surface area contributed by atoms with E-state index in [1.165, 1.54) is 0 Å². The van der Waals surface area contributed by atoms with Crippen LogP contribution in [-0.2, 0) is 6.42 Å². The van der Waals surface area contributed by atoms with Gasteiger partial charge in [0.2, 0.25) is 0 Å². The number of hydrogen-bond acceptors (Lipinski definition) is 4. The molecule has 0 bridgehead atoms. The smallest absolute Gasteiger partial charge is 0.199 e. The highest BCUT2D eigenvalue weighted by atomic mass is 15.5. The van der Waals surface area contributed by atoms with Crippen molar-refractivity contribution in [2.24, 2.45) is 5.73 Å². The fourth-order valence-corrected chi connectivity index (χ4v) is 1.94. The van der Waals surface area contributed by atoms with Crippen LogP contribution in [0.25, 0.3) is 16.9 Å². The zero-order valence-electron chi connectivity index (χ0n) is 9.80. The van der Waals surface area contributed by atoms with Crippen LogP contribution in [0.2, 0.25) is 0 Å². The molecule has 6 heteroatoms. The lowest BCUT2D eigenvalue weighted by Crippen LogP contribution is -2.04. The van der Waals surface area contributed by atoms with Crippen LogP contribution < -0.4 is 11.5 Å². The zero-order chi connectivity index (χ0) is 12.5. The van der Waals surface area contributed by atoms with Gasteiger partial charge in [-0.05, 0) is 6.54 Å². The Kier molecular flexibility index (Phi) is 2.49. The molecule has 1 aromatic carbocycles. The van der Waals surface area contributed by atoms with Crippen molar-refractivity contribution in [3.05, 3.63) is 36.2 Å². The SMILES string of the molecule is NCCc1nc2c(N)c(-c3ccccc3)[nH]n2n1. The summed E-state index contributed by atoms with van der Waals surface area (Å²) in [6.07, 6.45) is 0.648. The lowest BCUT2D eigenvalue weighted by atomic mass is 10.1. The molecule has 0 saturated carbocycles. The van der Waals surface area contributed by atoms with Crippen LogP contribution in [0.4, 0.5) is 5.69 Å². The molecular formula is C12H14N6. The van der Waals surface area contributed by atoms with Crippen LogP contribution >= 0.6 is 0 Å². The van der Waals surface area contributed by atoms with E-state index in [2.05, 4.69) is 15.2 Å². The second kappa shape index (κ2) is 4.15. The molecule has 0 saturated heterocycles. The summed E-state index contributed by atoms with van der Waals surface area (Å²) in [5.41, 5.74) is 14.7. The number of aromatic nitrogens is 4. The molecule has 0 aliphatic carbocycles. The van der Waals surface area contributed by atoms with Crippen LogP contribution in [-0.4, -0.2) is 26.4 Å². The maximum absolute atomic E-state index is 6.09. The number of nitrogen functional groups attached to an aromatic ring is 1. The Morgan fingerprint density at radius 3 is 2.67 bits per heavy atom. The number of nitrogens with one attached hydrogen (secondary N) is 1. The molecule has 92 valence electrons. The fraction of sp³-hybridized carbons (Fsp3) is 0.167. The number of nitrogens with two attached hydrogens (primary N) is 2. The number of H-pyrrole nitrogens is 1. The van der Waals surface area contributed by atoms with Crippen molar-refractivity contribution in [1.82, 2.24) is 19.8 Å². The first-order chi connectivity index (χ1) is 8.79. The summed E-state index contributed by atoms with van der Waals surface area (Å²) in [7, 11) is 0. The van der Waals surface area contributed by atoms with E-state index in [1.807, 2.05) is 30.3 Å². The van der Waals surface area contributed by atoms with Crippen molar-refractivity contribution < 1.29 is 0 Å². The molecule has 18 heavy (non-hydrogen) atoms. The second-order valence-electron chi connectivity index (χ2n) is 4.07. The molecule has 0 radical (unpaired) electrons. The van der Waals surface area contributed by atoms with E-state index in [9.17, 15) is 0 Å². The summed E-state index contributed by atoms with van der Waals surface area (Å²) in [4.78, 5) is 4.36. The number of fused-ring (bicyclic) bond motifs is 1. The first-order valence-electron chi connectivity index (χ1n) is 5.78. The zero-order valence-corrected chi connectivity index (χ0v) is 9.80. The molecule has 0 amide bonds. The molecule has 0 aliphatic rings. The molecule has 0 atom stereocenters. The first-order valence-corrected chi connectivity index (χ1v) is 5.78. The minimum atomic E-state index is 0.526. The van der Waals surface area contributed by atoms with Crippen molar-refractivity contribution >= 4 is 11.3 Å². The van der Waals surface area contributed by atoms with Gasteiger partial charge >= 0.3 is 0 Å². The van der Waals surface area contributed by atoms with E-state index in [0.29, 0.717) is 30.1 Å². The maximum Gasteiger partial charge on any atom is 0.199 e. The van der Waals surface area contributed by atoms with E-state index >= 15 is 0 Å². The number of benzene rings is 1. The van der Waals surface area contributed by atoms with Crippen LogP contribution in [0.1, 0.15) is 5.82 Å². The number of anilines is 1. The maximum atomic E-state index is 6.09. The Balaban J connectivity index is 2.10. The summed E-state index contributed by atoms with van der Waals surface area (Å²) in [5.74, 6) is 0.704. The van der Waals surface area contributed by atoms with Crippen LogP contribution in [0.3, 0.4) is 0 Å². The van der Waals surface area contributed by atoms with Crippen LogP contribution in [0.5, 0.6) is 0 Å². The summed E-state index contributed by atoms with van der Waals surface area (Å²) in [6, 6.07) is 9.87. The van der Waals surface area contributed by atoms with Gasteiger partial charge in [0.05, 0.1) is 5.69 Å². The molecule has 3 aromatic rings. The molecule has 0 unspecified atom stereocenters. The van der Waals surface area contributed by atoms with Gasteiger partial charge in [0.25, 0.3) is 0 Å². The van der Waals surface area contributed by atoms with Gasteiger partial charge in [-0.3, -0.25) is 5.10 Å². The first kappa shape index (κ1) is 10.8. The quantitative estimate of drug-likeness (QED) is 0.633. The number of aromatic amines is 1. The number of rotatable bonds is 3.